The average molecular weight is 281 g/mol. The molecular formula is C16H25ClN2. The van der Waals surface area contributed by atoms with E-state index in [2.05, 4.69) is 24.4 Å². The maximum Gasteiger partial charge on any atom is 0.0406 e. The first-order valence-electron chi connectivity index (χ1n) is 7.31. The molecule has 0 spiro atoms. The minimum Gasteiger partial charge on any atom is -0.329 e. The number of halogens is 1. The molecule has 19 heavy (non-hydrogen) atoms. The predicted molar refractivity (Wildman–Crippen MR) is 82.6 cm³/mol. The largest absolute Gasteiger partial charge is 0.329 e. The van der Waals surface area contributed by atoms with Gasteiger partial charge >= 0.3 is 0 Å². The van der Waals surface area contributed by atoms with Crippen molar-refractivity contribution in [2.75, 3.05) is 13.1 Å². The van der Waals surface area contributed by atoms with Crippen LogP contribution in [0.5, 0.6) is 0 Å². The standard InChI is InChI=1S/C16H25ClN2/c1-16(12-18,19-10-9-13-3-2-4-13)11-14-5-7-15(17)8-6-14/h5-8,13,19H,2-4,9-12,18H2,1H3. The lowest BCUT2D eigenvalue weighted by Gasteiger charge is -2.32. The number of benzene rings is 1. The van der Waals surface area contributed by atoms with Crippen molar-refractivity contribution < 1.29 is 0 Å². The molecule has 0 bridgehead atoms. The van der Waals surface area contributed by atoms with Gasteiger partial charge in [-0.1, -0.05) is 43.0 Å². The normalized spacial score (nSPS) is 18.9. The van der Waals surface area contributed by atoms with Crippen LogP contribution in [0.15, 0.2) is 24.3 Å². The monoisotopic (exact) mass is 280 g/mol. The second kappa shape index (κ2) is 6.74. The van der Waals surface area contributed by atoms with Gasteiger partial charge in [0.05, 0.1) is 0 Å². The molecule has 0 saturated heterocycles. The molecule has 0 aliphatic heterocycles. The van der Waals surface area contributed by atoms with Gasteiger partial charge in [-0.15, -0.1) is 0 Å². The predicted octanol–water partition coefficient (Wildman–Crippen LogP) is 3.38. The second-order valence-electron chi connectivity index (χ2n) is 6.08. The van der Waals surface area contributed by atoms with Crippen molar-refractivity contribution in [1.29, 1.82) is 0 Å². The Balaban J connectivity index is 1.83. The maximum atomic E-state index is 5.96. The van der Waals surface area contributed by atoms with Gasteiger partial charge in [0.2, 0.25) is 0 Å². The Bertz CT molecular complexity index is 386. The minimum atomic E-state index is -0.0163. The Labute approximate surface area is 121 Å². The van der Waals surface area contributed by atoms with Crippen molar-refractivity contribution in [1.82, 2.24) is 5.32 Å². The highest BCUT2D eigenvalue weighted by Crippen LogP contribution is 2.29. The zero-order valence-corrected chi connectivity index (χ0v) is 12.5. The zero-order chi connectivity index (χ0) is 13.7. The summed E-state index contributed by atoms with van der Waals surface area (Å²) in [5.41, 5.74) is 7.23. The van der Waals surface area contributed by atoms with Gasteiger partial charge in [-0.3, -0.25) is 0 Å². The lowest BCUT2D eigenvalue weighted by atomic mass is 9.82. The van der Waals surface area contributed by atoms with E-state index in [4.69, 9.17) is 17.3 Å². The van der Waals surface area contributed by atoms with Crippen molar-refractivity contribution in [2.45, 2.75) is 44.6 Å². The van der Waals surface area contributed by atoms with E-state index in [0.29, 0.717) is 6.54 Å². The van der Waals surface area contributed by atoms with E-state index < -0.39 is 0 Å². The summed E-state index contributed by atoms with van der Waals surface area (Å²) in [5, 5.41) is 4.44. The topological polar surface area (TPSA) is 38.0 Å². The first kappa shape index (κ1) is 14.8. The number of hydrogen-bond acceptors (Lipinski definition) is 2. The molecule has 0 radical (unpaired) electrons. The van der Waals surface area contributed by atoms with E-state index in [1.165, 1.54) is 31.2 Å². The molecule has 1 aromatic carbocycles. The van der Waals surface area contributed by atoms with Gasteiger partial charge in [0, 0.05) is 17.1 Å². The fourth-order valence-electron chi connectivity index (χ4n) is 2.62. The highest BCUT2D eigenvalue weighted by molar-refractivity contribution is 6.30. The average Bonchev–Trinajstić information content (AvgIpc) is 2.35. The van der Waals surface area contributed by atoms with Crippen LogP contribution in [-0.4, -0.2) is 18.6 Å². The molecule has 2 nitrogen and oxygen atoms in total. The Morgan fingerprint density at radius 3 is 2.53 bits per heavy atom. The summed E-state index contributed by atoms with van der Waals surface area (Å²) in [4.78, 5) is 0. The Morgan fingerprint density at radius 2 is 2.00 bits per heavy atom. The van der Waals surface area contributed by atoms with Crippen LogP contribution in [0.2, 0.25) is 5.02 Å². The summed E-state index contributed by atoms with van der Waals surface area (Å²) in [6, 6.07) is 8.07. The van der Waals surface area contributed by atoms with E-state index in [1.807, 2.05) is 12.1 Å². The third-order valence-corrected chi connectivity index (χ3v) is 4.54. The van der Waals surface area contributed by atoms with Crippen LogP contribution in [0.3, 0.4) is 0 Å². The summed E-state index contributed by atoms with van der Waals surface area (Å²) >= 11 is 5.92. The van der Waals surface area contributed by atoms with Gasteiger partial charge in [-0.05, 0) is 49.9 Å². The Hall–Kier alpha value is -0.570. The van der Waals surface area contributed by atoms with E-state index in [-0.39, 0.29) is 5.54 Å². The van der Waals surface area contributed by atoms with E-state index in [0.717, 1.165) is 23.9 Å². The van der Waals surface area contributed by atoms with E-state index >= 15 is 0 Å². The minimum absolute atomic E-state index is 0.0163. The summed E-state index contributed by atoms with van der Waals surface area (Å²) in [7, 11) is 0. The first-order valence-corrected chi connectivity index (χ1v) is 7.69. The quantitative estimate of drug-likeness (QED) is 0.804. The first-order chi connectivity index (χ1) is 9.11. The van der Waals surface area contributed by atoms with E-state index in [1.54, 1.807) is 0 Å². The molecule has 0 aromatic heterocycles. The third-order valence-electron chi connectivity index (χ3n) is 4.29. The fraction of sp³-hybridized carbons (Fsp3) is 0.625. The van der Waals surface area contributed by atoms with Crippen molar-refractivity contribution in [3.05, 3.63) is 34.9 Å². The van der Waals surface area contributed by atoms with Crippen molar-refractivity contribution in [3.63, 3.8) is 0 Å². The molecule has 2 rings (SSSR count). The van der Waals surface area contributed by atoms with Gasteiger partial charge in [-0.25, -0.2) is 0 Å². The third kappa shape index (κ3) is 4.48. The fourth-order valence-corrected chi connectivity index (χ4v) is 2.75. The van der Waals surface area contributed by atoms with Gasteiger partial charge in [0.15, 0.2) is 0 Å². The van der Waals surface area contributed by atoms with Crippen LogP contribution in [0.25, 0.3) is 0 Å². The van der Waals surface area contributed by atoms with Gasteiger partial charge in [0.1, 0.15) is 0 Å². The van der Waals surface area contributed by atoms with Crippen molar-refractivity contribution >= 4 is 11.6 Å². The molecule has 1 aliphatic carbocycles. The molecule has 3 N–H and O–H groups in total. The van der Waals surface area contributed by atoms with Crippen LogP contribution >= 0.6 is 11.6 Å². The summed E-state index contributed by atoms with van der Waals surface area (Å²) in [6.45, 7) is 3.94. The molecule has 1 unspecified atom stereocenters. The number of nitrogens with two attached hydrogens (primary N) is 1. The SMILES string of the molecule is CC(CN)(Cc1ccc(Cl)cc1)NCCC1CCC1. The molecule has 1 aliphatic rings. The lowest BCUT2D eigenvalue weighted by Crippen LogP contribution is -2.51. The van der Waals surface area contributed by atoms with Crippen LogP contribution < -0.4 is 11.1 Å². The van der Waals surface area contributed by atoms with Gasteiger partial charge in [0.25, 0.3) is 0 Å². The van der Waals surface area contributed by atoms with Crippen LogP contribution in [0, 0.1) is 5.92 Å². The van der Waals surface area contributed by atoms with Gasteiger partial charge in [-0.2, -0.15) is 0 Å². The van der Waals surface area contributed by atoms with Crippen LogP contribution in [0.4, 0.5) is 0 Å². The lowest BCUT2D eigenvalue weighted by molar-refractivity contribution is 0.270. The Morgan fingerprint density at radius 1 is 1.32 bits per heavy atom. The van der Waals surface area contributed by atoms with Crippen LogP contribution in [-0.2, 0) is 6.42 Å². The molecule has 106 valence electrons. The van der Waals surface area contributed by atoms with E-state index in [9.17, 15) is 0 Å². The number of nitrogens with one attached hydrogen (secondary N) is 1. The Kier molecular flexibility index (Phi) is 5.26. The molecule has 1 atom stereocenters. The molecule has 1 saturated carbocycles. The molecule has 0 heterocycles. The van der Waals surface area contributed by atoms with Crippen LogP contribution in [0.1, 0.15) is 38.2 Å². The molecule has 1 fully saturated rings. The smallest absolute Gasteiger partial charge is 0.0406 e. The van der Waals surface area contributed by atoms with Crippen molar-refractivity contribution in [2.24, 2.45) is 11.7 Å². The molecule has 3 heteroatoms. The highest BCUT2D eigenvalue weighted by atomic mass is 35.5. The summed E-state index contributed by atoms with van der Waals surface area (Å²) in [5.74, 6) is 0.949. The molecular weight excluding hydrogens is 256 g/mol. The molecule has 0 amide bonds. The number of rotatable bonds is 7. The van der Waals surface area contributed by atoms with Gasteiger partial charge < -0.3 is 11.1 Å². The van der Waals surface area contributed by atoms with Crippen molar-refractivity contribution in [3.8, 4) is 0 Å². The summed E-state index contributed by atoms with van der Waals surface area (Å²) in [6.07, 6.45) is 6.49. The number of hydrogen-bond donors (Lipinski definition) is 2. The second-order valence-corrected chi connectivity index (χ2v) is 6.52. The maximum absolute atomic E-state index is 5.96. The zero-order valence-electron chi connectivity index (χ0n) is 11.8. The molecule has 1 aromatic rings. The summed E-state index contributed by atoms with van der Waals surface area (Å²) < 4.78 is 0. The highest BCUT2D eigenvalue weighted by Gasteiger charge is 2.23.